The van der Waals surface area contributed by atoms with Gasteiger partial charge in [0.05, 0.1) is 11.7 Å². The van der Waals surface area contributed by atoms with Gasteiger partial charge in [-0.25, -0.2) is 9.18 Å². The third kappa shape index (κ3) is 7.10. The lowest BCUT2D eigenvalue weighted by Crippen LogP contribution is -2.28. The van der Waals surface area contributed by atoms with Crippen LogP contribution >= 0.6 is 0 Å². The van der Waals surface area contributed by atoms with E-state index in [0.29, 0.717) is 12.0 Å². The second-order valence-electron chi connectivity index (χ2n) is 16.7. The number of fused-ring (bicyclic) bond motifs is 5. The number of carboxylic acid groups (broad SMARTS) is 1. The molecule has 4 nitrogen and oxygen atoms in total. The second-order valence-corrected chi connectivity index (χ2v) is 16.7. The van der Waals surface area contributed by atoms with Crippen molar-refractivity contribution in [3.8, 4) is 16.9 Å². The van der Waals surface area contributed by atoms with Gasteiger partial charge in [-0.2, -0.15) is 0 Å². The molecule has 1 atom stereocenters. The van der Waals surface area contributed by atoms with E-state index in [4.69, 9.17) is 4.74 Å². The Morgan fingerprint density at radius 1 is 0.839 bits per heavy atom. The Morgan fingerprint density at radius 2 is 1.55 bits per heavy atom. The highest BCUT2D eigenvalue weighted by Crippen LogP contribution is 2.53. The molecule has 8 rings (SSSR count). The molecule has 0 saturated heterocycles. The van der Waals surface area contributed by atoms with Crippen LogP contribution in [0, 0.1) is 11.2 Å². The van der Waals surface area contributed by atoms with Gasteiger partial charge in [0.1, 0.15) is 11.6 Å². The van der Waals surface area contributed by atoms with Crippen molar-refractivity contribution in [3.05, 3.63) is 172 Å². The molecule has 1 unspecified atom stereocenters. The average Bonchev–Trinajstić information content (AvgIpc) is 3.16. The fourth-order valence-electron chi connectivity index (χ4n) is 8.77. The molecule has 0 heterocycles. The van der Waals surface area contributed by atoms with E-state index in [1.807, 2.05) is 37.3 Å². The molecule has 5 heteroatoms. The average molecular weight is 741 g/mol. The number of benzene rings is 6. The van der Waals surface area contributed by atoms with Crippen LogP contribution < -0.4 is 4.74 Å². The van der Waals surface area contributed by atoms with Gasteiger partial charge in [-0.1, -0.05) is 124 Å². The van der Waals surface area contributed by atoms with Gasteiger partial charge in [0.15, 0.2) is 5.78 Å². The van der Waals surface area contributed by atoms with Crippen molar-refractivity contribution in [2.45, 2.75) is 65.4 Å². The molecule has 0 saturated carbocycles. The number of ketones is 1. The van der Waals surface area contributed by atoms with E-state index in [1.165, 1.54) is 46.5 Å². The molecule has 6 aromatic carbocycles. The van der Waals surface area contributed by atoms with Gasteiger partial charge in [-0.05, 0) is 128 Å². The van der Waals surface area contributed by atoms with Crippen LogP contribution in [0.15, 0.2) is 133 Å². The monoisotopic (exact) mass is 740 g/mol. The summed E-state index contributed by atoms with van der Waals surface area (Å²) in [6.45, 7) is 11.3. The van der Waals surface area contributed by atoms with Crippen LogP contribution in [0.25, 0.3) is 44.3 Å². The number of rotatable bonds is 9. The molecular formula is C51H45FO4. The van der Waals surface area contributed by atoms with Crippen LogP contribution in [0.4, 0.5) is 4.39 Å². The summed E-state index contributed by atoms with van der Waals surface area (Å²) in [6, 6.07) is 33.8. The highest BCUT2D eigenvalue weighted by molar-refractivity contribution is 6.19. The minimum Gasteiger partial charge on any atom is -0.490 e. The summed E-state index contributed by atoms with van der Waals surface area (Å²) in [5, 5.41) is 13.2. The molecule has 56 heavy (non-hydrogen) atoms. The van der Waals surface area contributed by atoms with Crippen LogP contribution in [0.1, 0.15) is 90.4 Å². The lowest BCUT2D eigenvalue weighted by atomic mass is 9.64. The Labute approximate surface area is 327 Å². The second kappa shape index (κ2) is 14.2. The van der Waals surface area contributed by atoms with Gasteiger partial charge >= 0.3 is 5.97 Å². The van der Waals surface area contributed by atoms with Gasteiger partial charge in [0, 0.05) is 17.4 Å². The maximum Gasteiger partial charge on any atom is 0.335 e. The molecule has 0 spiro atoms. The molecular weight excluding hydrogens is 696 g/mol. The summed E-state index contributed by atoms with van der Waals surface area (Å²) in [7, 11) is 0. The third-order valence-corrected chi connectivity index (χ3v) is 11.3. The van der Waals surface area contributed by atoms with Crippen molar-refractivity contribution in [1.82, 2.24) is 0 Å². The number of allylic oxidation sites excluding steroid dienone is 5. The molecule has 0 amide bonds. The number of carbonyl (C=O) groups excluding carboxylic acids is 1. The van der Waals surface area contributed by atoms with Crippen molar-refractivity contribution in [2.24, 2.45) is 5.41 Å². The van der Waals surface area contributed by atoms with E-state index in [0.717, 1.165) is 62.4 Å². The van der Waals surface area contributed by atoms with Gasteiger partial charge < -0.3 is 9.84 Å². The molecule has 0 bridgehead atoms. The summed E-state index contributed by atoms with van der Waals surface area (Å²) in [6.07, 6.45) is 10.3. The van der Waals surface area contributed by atoms with Crippen LogP contribution in [0.3, 0.4) is 0 Å². The first-order valence-corrected chi connectivity index (χ1v) is 19.3. The first-order chi connectivity index (χ1) is 26.8. The standard InChI is InChI=1S/C51H45FO4/c1-31(26-33-12-19-39(52)20-13-33)56-45-28-37(27-36-18-22-43-40-24-25-50(2,3)29-38(40)30-51(4,5)48(43)46(36)45)42-21-17-34-8-6-7-9-41(34)47(42)44(53)23-14-32-10-15-35(16-11-32)49(54)55/h6-25,27-28,31H,26,29-30H2,1-5H3,(H,54,55). The first-order valence-electron chi connectivity index (χ1n) is 19.3. The predicted octanol–water partition coefficient (Wildman–Crippen LogP) is 12.8. The van der Waals surface area contributed by atoms with Crippen molar-refractivity contribution >= 4 is 44.9 Å². The largest absolute Gasteiger partial charge is 0.490 e. The minimum atomic E-state index is -0.999. The van der Waals surface area contributed by atoms with Crippen molar-refractivity contribution in [3.63, 3.8) is 0 Å². The molecule has 0 aromatic heterocycles. The summed E-state index contributed by atoms with van der Waals surface area (Å²) in [5.41, 5.74) is 9.36. The number of hydrogen-bond acceptors (Lipinski definition) is 3. The maximum absolute atomic E-state index is 14.4. The lowest BCUT2D eigenvalue weighted by molar-refractivity contribution is 0.0696. The Morgan fingerprint density at radius 3 is 2.30 bits per heavy atom. The van der Waals surface area contributed by atoms with Crippen molar-refractivity contribution in [1.29, 1.82) is 0 Å². The Balaban J connectivity index is 1.30. The molecule has 0 aliphatic heterocycles. The van der Waals surface area contributed by atoms with E-state index in [2.05, 4.69) is 70.2 Å². The van der Waals surface area contributed by atoms with E-state index in [-0.39, 0.29) is 34.1 Å². The lowest BCUT2D eigenvalue weighted by Gasteiger charge is -2.40. The number of hydrogen-bond donors (Lipinski definition) is 1. The molecule has 2 aliphatic rings. The fourth-order valence-corrected chi connectivity index (χ4v) is 8.77. The number of halogens is 1. The topological polar surface area (TPSA) is 63.6 Å². The minimum absolute atomic E-state index is 0.109. The van der Waals surface area contributed by atoms with E-state index < -0.39 is 5.97 Å². The SMILES string of the molecule is CC(Cc1ccc(F)cc1)Oc1cc(-c2ccc3ccccc3c2C(=O)C=Cc2ccc(C(=O)O)cc2)cc2ccc3c(c12)C(C)(C)CC1=C3C=CC(C)(C)C1. The zero-order valence-corrected chi connectivity index (χ0v) is 32.5. The quantitative estimate of drug-likeness (QED) is 0.118. The van der Waals surface area contributed by atoms with Crippen LogP contribution in [-0.2, 0) is 11.8 Å². The zero-order chi connectivity index (χ0) is 39.4. The third-order valence-electron chi connectivity index (χ3n) is 11.3. The smallest absolute Gasteiger partial charge is 0.335 e. The van der Waals surface area contributed by atoms with Gasteiger partial charge in [-0.3, -0.25) is 4.79 Å². The van der Waals surface area contributed by atoms with Crippen molar-refractivity contribution < 1.29 is 23.8 Å². The Bertz CT molecular complexity index is 2640. The summed E-state index contributed by atoms with van der Waals surface area (Å²) >= 11 is 0. The zero-order valence-electron chi connectivity index (χ0n) is 32.5. The van der Waals surface area contributed by atoms with Crippen LogP contribution in [0.5, 0.6) is 5.75 Å². The molecule has 0 fully saturated rings. The first kappa shape index (κ1) is 36.9. The maximum atomic E-state index is 14.4. The van der Waals surface area contributed by atoms with Crippen LogP contribution in [0.2, 0.25) is 0 Å². The molecule has 0 radical (unpaired) electrons. The highest BCUT2D eigenvalue weighted by atomic mass is 19.1. The molecule has 1 N–H and O–H groups in total. The molecule has 280 valence electrons. The van der Waals surface area contributed by atoms with Gasteiger partial charge in [0.25, 0.3) is 0 Å². The number of carbonyl (C=O) groups is 2. The summed E-state index contributed by atoms with van der Waals surface area (Å²) < 4.78 is 20.8. The van der Waals surface area contributed by atoms with E-state index in [9.17, 15) is 19.1 Å². The highest BCUT2D eigenvalue weighted by Gasteiger charge is 2.37. The molecule has 6 aromatic rings. The number of ether oxygens (including phenoxy) is 1. The normalized spacial score (nSPS) is 16.2. The number of carboxylic acids is 1. The van der Waals surface area contributed by atoms with E-state index in [1.54, 1.807) is 36.4 Å². The summed E-state index contributed by atoms with van der Waals surface area (Å²) in [4.78, 5) is 25.8. The van der Waals surface area contributed by atoms with E-state index >= 15 is 0 Å². The van der Waals surface area contributed by atoms with Gasteiger partial charge in [-0.15, -0.1) is 0 Å². The summed E-state index contributed by atoms with van der Waals surface area (Å²) in [5.74, 6) is -0.678. The fraction of sp³-hybridized carbons (Fsp3) is 0.216. The Hall–Kier alpha value is -6.07. The van der Waals surface area contributed by atoms with Crippen LogP contribution in [-0.4, -0.2) is 23.0 Å². The predicted molar refractivity (Wildman–Crippen MR) is 226 cm³/mol. The van der Waals surface area contributed by atoms with Crippen molar-refractivity contribution in [2.75, 3.05) is 0 Å². The van der Waals surface area contributed by atoms with Gasteiger partial charge in [0.2, 0.25) is 0 Å². The molecule has 2 aliphatic carbocycles. The number of aromatic carboxylic acids is 1. The Kier molecular flexibility index (Phi) is 9.36.